The van der Waals surface area contributed by atoms with Gasteiger partial charge in [-0.05, 0) is 62.1 Å². The molecule has 1 aliphatic carbocycles. The van der Waals surface area contributed by atoms with Crippen molar-refractivity contribution in [1.82, 2.24) is 24.4 Å². The van der Waals surface area contributed by atoms with Crippen molar-refractivity contribution in [2.24, 2.45) is 5.41 Å². The predicted octanol–water partition coefficient (Wildman–Crippen LogP) is 4.85. The fourth-order valence-corrected chi connectivity index (χ4v) is 5.52. The summed E-state index contributed by atoms with van der Waals surface area (Å²) in [5.41, 5.74) is 1.86. The molecule has 1 saturated carbocycles. The van der Waals surface area contributed by atoms with Crippen LogP contribution in [0.25, 0.3) is 11.2 Å². The number of pyridine rings is 2. The molecule has 0 amide bonds. The number of nitrogens with zero attached hydrogens (tertiary/aromatic N) is 7. The monoisotopic (exact) mass is 595 g/mol. The minimum absolute atomic E-state index is 0.0287. The Kier molecular flexibility index (Phi) is 8.09. The van der Waals surface area contributed by atoms with Crippen molar-refractivity contribution < 1.29 is 23.8 Å². The Hall–Kier alpha value is -5.07. The molecular weight excluding hydrogens is 565 g/mol. The molecule has 4 heterocycles. The number of rotatable bonds is 11. The average molecular weight is 596 g/mol. The number of hydrogen-bond acceptors (Lipinski definition) is 9. The molecule has 1 aromatic carbocycles. The number of ether oxygens (including phenoxy) is 2. The third-order valence-electron chi connectivity index (χ3n) is 8.20. The Morgan fingerprint density at radius 3 is 2.61 bits per heavy atom. The van der Waals surface area contributed by atoms with Gasteiger partial charge in [0.25, 0.3) is 0 Å². The first kappa shape index (κ1) is 29.0. The Morgan fingerprint density at radius 1 is 1.09 bits per heavy atom. The number of carboxylic acids is 1. The number of carbonyl (C=O) groups is 1. The van der Waals surface area contributed by atoms with Gasteiger partial charge in [-0.2, -0.15) is 10.5 Å². The fraction of sp³-hybridized carbons (Fsp3) is 0.375. The second kappa shape index (κ2) is 12.3. The van der Waals surface area contributed by atoms with E-state index in [9.17, 15) is 19.6 Å². The lowest BCUT2D eigenvalue weighted by Crippen LogP contribution is -2.38. The van der Waals surface area contributed by atoms with Crippen LogP contribution < -0.4 is 9.47 Å². The van der Waals surface area contributed by atoms with Gasteiger partial charge >= 0.3 is 5.97 Å². The van der Waals surface area contributed by atoms with Crippen LogP contribution in [-0.4, -0.2) is 54.7 Å². The predicted molar refractivity (Wildman–Crippen MR) is 155 cm³/mol. The summed E-state index contributed by atoms with van der Waals surface area (Å²) in [5, 5.41) is 27.8. The first-order valence-corrected chi connectivity index (χ1v) is 14.5. The highest BCUT2D eigenvalue weighted by atomic mass is 19.1. The molecule has 3 aromatic heterocycles. The number of fused-ring (bicyclic) bond motifs is 1. The topological polar surface area (TPSA) is 150 Å². The maximum atomic E-state index is 14.2. The Balaban J connectivity index is 1.08. The number of hydrogen-bond donors (Lipinski definition) is 1. The molecule has 1 aliphatic heterocycles. The van der Waals surface area contributed by atoms with E-state index < -0.39 is 11.8 Å². The summed E-state index contributed by atoms with van der Waals surface area (Å²) < 4.78 is 27.9. The van der Waals surface area contributed by atoms with Crippen LogP contribution in [-0.2, 0) is 19.7 Å². The minimum Gasteiger partial charge on any atom is -0.484 e. The SMILES string of the molecule is N#CCC1(Cn2c(CN3CCC(Oc4cccc(COc5ccc(C#N)cc5F)n4)CC3)nc3ccc(C(=O)O)nc32)CC1. The Bertz CT molecular complexity index is 1780. The molecule has 4 aromatic rings. The van der Waals surface area contributed by atoms with E-state index in [0.717, 1.165) is 50.7 Å². The number of aromatic carboxylic acids is 1. The van der Waals surface area contributed by atoms with Crippen LogP contribution in [0.15, 0.2) is 48.5 Å². The maximum Gasteiger partial charge on any atom is 0.354 e. The zero-order valence-corrected chi connectivity index (χ0v) is 23.9. The lowest BCUT2D eigenvalue weighted by Gasteiger charge is -2.31. The van der Waals surface area contributed by atoms with E-state index in [1.165, 1.54) is 18.2 Å². The fourth-order valence-electron chi connectivity index (χ4n) is 5.52. The van der Waals surface area contributed by atoms with E-state index in [4.69, 9.17) is 19.7 Å². The van der Waals surface area contributed by atoms with Crippen molar-refractivity contribution in [2.75, 3.05) is 13.1 Å². The van der Waals surface area contributed by atoms with Crippen molar-refractivity contribution in [3.8, 4) is 23.8 Å². The largest absolute Gasteiger partial charge is 0.484 e. The summed E-state index contributed by atoms with van der Waals surface area (Å²) in [6.07, 6.45) is 3.87. The van der Waals surface area contributed by atoms with Crippen LogP contribution in [0.5, 0.6) is 11.6 Å². The van der Waals surface area contributed by atoms with Crippen molar-refractivity contribution >= 4 is 17.1 Å². The lowest BCUT2D eigenvalue weighted by molar-refractivity contribution is 0.0691. The van der Waals surface area contributed by atoms with E-state index in [1.807, 2.05) is 16.7 Å². The molecule has 1 N–H and O–H groups in total. The summed E-state index contributed by atoms with van der Waals surface area (Å²) in [6, 6.07) is 16.8. The van der Waals surface area contributed by atoms with Crippen LogP contribution in [0, 0.1) is 33.9 Å². The van der Waals surface area contributed by atoms with Crippen molar-refractivity contribution in [1.29, 1.82) is 10.5 Å². The molecule has 0 atom stereocenters. The van der Waals surface area contributed by atoms with E-state index >= 15 is 0 Å². The van der Waals surface area contributed by atoms with Crippen molar-refractivity contribution in [3.05, 3.63) is 77.1 Å². The van der Waals surface area contributed by atoms with Gasteiger partial charge in [0, 0.05) is 37.5 Å². The summed E-state index contributed by atoms with van der Waals surface area (Å²) in [4.78, 5) is 27.6. The van der Waals surface area contributed by atoms with Gasteiger partial charge in [0.2, 0.25) is 5.88 Å². The van der Waals surface area contributed by atoms with Crippen LogP contribution >= 0.6 is 0 Å². The van der Waals surface area contributed by atoms with Gasteiger partial charge in [0.1, 0.15) is 24.1 Å². The molecule has 1 saturated heterocycles. The van der Waals surface area contributed by atoms with Gasteiger partial charge in [0.05, 0.1) is 29.9 Å². The molecule has 0 bridgehead atoms. The van der Waals surface area contributed by atoms with Crippen LogP contribution in [0.2, 0.25) is 0 Å². The number of benzene rings is 1. The Morgan fingerprint density at radius 2 is 1.91 bits per heavy atom. The third kappa shape index (κ3) is 6.46. The quantitative estimate of drug-likeness (QED) is 0.255. The second-order valence-corrected chi connectivity index (χ2v) is 11.4. The van der Waals surface area contributed by atoms with E-state index in [0.29, 0.717) is 42.2 Å². The molecule has 224 valence electrons. The van der Waals surface area contributed by atoms with Crippen molar-refractivity contribution in [3.63, 3.8) is 0 Å². The van der Waals surface area contributed by atoms with Crippen LogP contribution in [0.3, 0.4) is 0 Å². The smallest absolute Gasteiger partial charge is 0.354 e. The van der Waals surface area contributed by atoms with Gasteiger partial charge in [-0.3, -0.25) is 4.90 Å². The molecule has 44 heavy (non-hydrogen) atoms. The first-order valence-electron chi connectivity index (χ1n) is 14.5. The number of halogens is 1. The van der Waals surface area contributed by atoms with Crippen molar-refractivity contribution in [2.45, 2.75) is 57.9 Å². The molecule has 6 rings (SSSR count). The zero-order chi connectivity index (χ0) is 30.7. The van der Waals surface area contributed by atoms with E-state index in [2.05, 4.69) is 20.9 Å². The molecular formula is C32H30FN7O4. The molecule has 0 spiro atoms. The van der Waals surface area contributed by atoms with E-state index in [1.54, 1.807) is 18.2 Å². The van der Waals surface area contributed by atoms with Crippen LogP contribution in [0.1, 0.15) is 59.7 Å². The number of likely N-dealkylation sites (tertiary alicyclic amines) is 1. The van der Waals surface area contributed by atoms with Crippen LogP contribution in [0.4, 0.5) is 4.39 Å². The molecule has 0 unspecified atom stereocenters. The maximum absolute atomic E-state index is 14.2. The van der Waals surface area contributed by atoms with Gasteiger partial charge in [0.15, 0.2) is 22.9 Å². The lowest BCUT2D eigenvalue weighted by atomic mass is 10.0. The highest BCUT2D eigenvalue weighted by Gasteiger charge is 2.43. The molecule has 2 fully saturated rings. The molecule has 12 heteroatoms. The zero-order valence-electron chi connectivity index (χ0n) is 23.9. The number of aromatic nitrogens is 4. The average Bonchev–Trinajstić information content (AvgIpc) is 3.71. The summed E-state index contributed by atoms with van der Waals surface area (Å²) >= 11 is 0. The number of nitriles is 2. The number of piperidine rings is 1. The summed E-state index contributed by atoms with van der Waals surface area (Å²) in [5.74, 6) is -0.359. The second-order valence-electron chi connectivity index (χ2n) is 11.4. The number of carboxylic acid groups (broad SMARTS) is 1. The van der Waals surface area contributed by atoms with E-state index in [-0.39, 0.29) is 35.1 Å². The first-order chi connectivity index (χ1) is 21.3. The highest BCUT2D eigenvalue weighted by molar-refractivity contribution is 5.88. The highest BCUT2D eigenvalue weighted by Crippen LogP contribution is 2.50. The molecule has 2 aliphatic rings. The summed E-state index contributed by atoms with van der Waals surface area (Å²) in [6.45, 7) is 2.76. The van der Waals surface area contributed by atoms with Gasteiger partial charge in [-0.15, -0.1) is 0 Å². The molecule has 11 nitrogen and oxygen atoms in total. The summed E-state index contributed by atoms with van der Waals surface area (Å²) in [7, 11) is 0. The van der Waals surface area contributed by atoms with Gasteiger partial charge in [-0.25, -0.2) is 24.1 Å². The number of imidazole rings is 1. The van der Waals surface area contributed by atoms with Gasteiger partial charge < -0.3 is 19.1 Å². The van der Waals surface area contributed by atoms with Gasteiger partial charge in [-0.1, -0.05) is 6.07 Å². The standard InChI is InChI=1S/C32H30FN7O4/c33-24-16-21(17-35)4-7-27(24)43-19-22-2-1-3-29(36-22)44-23-8-14-39(15-9-23)18-28-37-25-5-6-26(31(41)42)38-30(25)40(28)20-32(10-11-32)12-13-34/h1-7,16,23H,8-12,14-15,18-20H2,(H,41,42). The third-order valence-corrected chi connectivity index (χ3v) is 8.20. The minimum atomic E-state index is -1.09. The Labute approximate surface area is 253 Å². The molecule has 0 radical (unpaired) electrons. The normalized spacial score (nSPS) is 16.2.